The third-order valence-electron chi connectivity index (χ3n) is 4.74. The van der Waals surface area contributed by atoms with Gasteiger partial charge in [0.05, 0.1) is 5.56 Å². The average Bonchev–Trinajstić information content (AvgIpc) is 2.94. The number of pyridine rings is 1. The Hall–Kier alpha value is -2.48. The molecule has 5 nitrogen and oxygen atoms in total. The number of carbonyl (C=O) groups is 1. The van der Waals surface area contributed by atoms with Crippen LogP contribution < -0.4 is 9.64 Å². The number of amides is 1. The molecule has 1 saturated heterocycles. The Bertz CT molecular complexity index is 859. The fourth-order valence-electron chi connectivity index (χ4n) is 3.08. The Morgan fingerprint density at radius 2 is 1.97 bits per heavy atom. The van der Waals surface area contributed by atoms with Crippen LogP contribution in [0, 0.1) is 6.92 Å². The summed E-state index contributed by atoms with van der Waals surface area (Å²) in [7, 11) is 0. The molecule has 1 aliphatic rings. The van der Waals surface area contributed by atoms with E-state index in [1.807, 2.05) is 11.8 Å². The molecular formula is C20H21ClF3N3O2. The van der Waals surface area contributed by atoms with Crippen LogP contribution >= 0.6 is 11.6 Å². The Morgan fingerprint density at radius 1 is 1.17 bits per heavy atom. The second kappa shape index (κ2) is 8.90. The van der Waals surface area contributed by atoms with Crippen LogP contribution in [0.4, 0.5) is 19.0 Å². The molecule has 1 aromatic carbocycles. The van der Waals surface area contributed by atoms with Crippen LogP contribution in [0.2, 0.25) is 5.02 Å². The summed E-state index contributed by atoms with van der Waals surface area (Å²) in [5.74, 6) is 0.908. The number of aromatic nitrogens is 1. The van der Waals surface area contributed by atoms with Gasteiger partial charge in [-0.1, -0.05) is 11.6 Å². The van der Waals surface area contributed by atoms with Gasteiger partial charge >= 0.3 is 6.18 Å². The molecule has 2 heterocycles. The summed E-state index contributed by atoms with van der Waals surface area (Å²) in [6.07, 6.45) is -2.88. The van der Waals surface area contributed by atoms with Crippen LogP contribution in [-0.2, 0) is 11.0 Å². The molecule has 9 heteroatoms. The van der Waals surface area contributed by atoms with Crippen molar-refractivity contribution in [3.8, 4) is 5.75 Å². The van der Waals surface area contributed by atoms with Crippen molar-refractivity contribution in [3.63, 3.8) is 0 Å². The van der Waals surface area contributed by atoms with Crippen molar-refractivity contribution in [2.24, 2.45) is 0 Å². The van der Waals surface area contributed by atoms with Crippen LogP contribution in [0.3, 0.4) is 0 Å². The maximum atomic E-state index is 12.7. The van der Waals surface area contributed by atoms with Crippen LogP contribution in [-0.4, -0.2) is 48.6 Å². The third-order valence-corrected chi connectivity index (χ3v) is 5.16. The first-order valence-corrected chi connectivity index (χ1v) is 9.57. The van der Waals surface area contributed by atoms with Crippen molar-refractivity contribution >= 4 is 23.3 Å². The lowest BCUT2D eigenvalue weighted by Crippen LogP contribution is -2.38. The summed E-state index contributed by atoms with van der Waals surface area (Å²) in [6, 6.07) is 7.60. The van der Waals surface area contributed by atoms with Gasteiger partial charge in [-0.2, -0.15) is 13.2 Å². The van der Waals surface area contributed by atoms with Gasteiger partial charge < -0.3 is 14.5 Å². The average molecular weight is 428 g/mol. The fourth-order valence-corrected chi connectivity index (χ4v) is 3.20. The highest BCUT2D eigenvalue weighted by Gasteiger charge is 2.31. The number of ether oxygens (including phenoxy) is 1. The smallest absolute Gasteiger partial charge is 0.417 e. The molecule has 1 fully saturated rings. The highest BCUT2D eigenvalue weighted by molar-refractivity contribution is 6.31. The van der Waals surface area contributed by atoms with Crippen molar-refractivity contribution < 1.29 is 22.7 Å². The van der Waals surface area contributed by atoms with E-state index in [0.29, 0.717) is 49.2 Å². The van der Waals surface area contributed by atoms with Crippen molar-refractivity contribution in [2.45, 2.75) is 19.5 Å². The molecule has 2 aromatic rings. The summed E-state index contributed by atoms with van der Waals surface area (Å²) in [5, 5.41) is 0.633. The van der Waals surface area contributed by atoms with E-state index in [2.05, 4.69) is 4.98 Å². The first-order chi connectivity index (χ1) is 13.7. The lowest BCUT2D eigenvalue weighted by molar-refractivity contribution is -0.137. The van der Waals surface area contributed by atoms with E-state index in [0.717, 1.165) is 17.8 Å². The van der Waals surface area contributed by atoms with E-state index in [9.17, 15) is 18.0 Å². The summed E-state index contributed by atoms with van der Waals surface area (Å²) < 4.78 is 43.6. The van der Waals surface area contributed by atoms with E-state index in [-0.39, 0.29) is 12.5 Å². The van der Waals surface area contributed by atoms with E-state index < -0.39 is 11.7 Å². The zero-order valence-corrected chi connectivity index (χ0v) is 16.6. The van der Waals surface area contributed by atoms with Crippen LogP contribution in [0.1, 0.15) is 17.5 Å². The summed E-state index contributed by atoms with van der Waals surface area (Å²) in [6.45, 7) is 3.88. The highest BCUT2D eigenvalue weighted by Crippen LogP contribution is 2.29. The third kappa shape index (κ3) is 5.53. The predicted molar refractivity (Wildman–Crippen MR) is 104 cm³/mol. The normalized spacial score (nSPS) is 15.2. The summed E-state index contributed by atoms with van der Waals surface area (Å²) in [4.78, 5) is 20.0. The minimum absolute atomic E-state index is 0.0837. The zero-order chi connectivity index (χ0) is 21.0. The zero-order valence-electron chi connectivity index (χ0n) is 15.9. The molecule has 0 N–H and O–H groups in total. The first-order valence-electron chi connectivity index (χ1n) is 9.19. The van der Waals surface area contributed by atoms with Crippen molar-refractivity contribution in [1.82, 2.24) is 9.88 Å². The Labute approximate surface area is 172 Å². The second-order valence-electron chi connectivity index (χ2n) is 6.82. The molecule has 0 saturated carbocycles. The van der Waals surface area contributed by atoms with Gasteiger partial charge in [-0.3, -0.25) is 4.79 Å². The molecule has 0 aliphatic carbocycles. The number of alkyl halides is 3. The predicted octanol–water partition coefficient (Wildman–Crippen LogP) is 4.18. The Morgan fingerprint density at radius 3 is 2.62 bits per heavy atom. The molecule has 3 rings (SSSR count). The molecule has 156 valence electrons. The number of anilines is 1. The first kappa shape index (κ1) is 21.2. The minimum atomic E-state index is -4.41. The molecule has 29 heavy (non-hydrogen) atoms. The lowest BCUT2D eigenvalue weighted by Gasteiger charge is -2.23. The molecule has 0 atom stereocenters. The van der Waals surface area contributed by atoms with Gasteiger partial charge in [-0.25, -0.2) is 4.98 Å². The standard InChI is InChI=1S/C20H21ClF3N3O2/c1-14-11-16(4-5-17(14)21)29-13-19(28)27-8-2-7-26(9-10-27)18-6-3-15(12-25-18)20(22,23)24/h3-6,11-12H,2,7-10,13H2,1H3. The molecule has 0 unspecified atom stereocenters. The second-order valence-corrected chi connectivity index (χ2v) is 7.23. The molecule has 0 radical (unpaired) electrons. The van der Waals surface area contributed by atoms with Gasteiger partial charge in [0.15, 0.2) is 6.61 Å². The molecule has 1 aromatic heterocycles. The van der Waals surface area contributed by atoms with Crippen LogP contribution in [0.5, 0.6) is 5.75 Å². The van der Waals surface area contributed by atoms with E-state index in [4.69, 9.17) is 16.3 Å². The molecule has 0 spiro atoms. The van der Waals surface area contributed by atoms with Gasteiger partial charge in [0.25, 0.3) is 5.91 Å². The number of aryl methyl sites for hydroxylation is 1. The number of halogens is 4. The monoisotopic (exact) mass is 427 g/mol. The molecular weight excluding hydrogens is 407 g/mol. The maximum absolute atomic E-state index is 12.7. The van der Waals surface area contributed by atoms with Gasteiger partial charge in [0, 0.05) is 37.4 Å². The number of carbonyl (C=O) groups excluding carboxylic acids is 1. The summed E-state index contributed by atoms with van der Waals surface area (Å²) in [5.41, 5.74) is 0.0912. The molecule has 0 bridgehead atoms. The maximum Gasteiger partial charge on any atom is 0.417 e. The minimum Gasteiger partial charge on any atom is -0.484 e. The fraction of sp³-hybridized carbons (Fsp3) is 0.400. The van der Waals surface area contributed by atoms with Gasteiger partial charge in [-0.05, 0) is 49.2 Å². The Balaban J connectivity index is 1.54. The van der Waals surface area contributed by atoms with Crippen molar-refractivity contribution in [1.29, 1.82) is 0 Å². The van der Waals surface area contributed by atoms with Crippen molar-refractivity contribution in [3.05, 3.63) is 52.7 Å². The van der Waals surface area contributed by atoms with Gasteiger partial charge in [0.2, 0.25) is 0 Å². The lowest BCUT2D eigenvalue weighted by atomic mass is 10.2. The number of benzene rings is 1. The summed E-state index contributed by atoms with van der Waals surface area (Å²) >= 11 is 5.98. The van der Waals surface area contributed by atoms with Crippen molar-refractivity contribution in [2.75, 3.05) is 37.7 Å². The van der Waals surface area contributed by atoms with Gasteiger partial charge in [-0.15, -0.1) is 0 Å². The van der Waals surface area contributed by atoms with Crippen LogP contribution in [0.25, 0.3) is 0 Å². The van der Waals surface area contributed by atoms with E-state index >= 15 is 0 Å². The number of nitrogens with zero attached hydrogens (tertiary/aromatic N) is 3. The molecule has 1 amide bonds. The number of hydrogen-bond acceptors (Lipinski definition) is 4. The Kier molecular flexibility index (Phi) is 6.52. The van der Waals surface area contributed by atoms with Gasteiger partial charge in [0.1, 0.15) is 11.6 Å². The SMILES string of the molecule is Cc1cc(OCC(=O)N2CCCN(c3ccc(C(F)(F)F)cn3)CC2)ccc1Cl. The largest absolute Gasteiger partial charge is 0.484 e. The van der Waals surface area contributed by atoms with Crippen LogP contribution in [0.15, 0.2) is 36.5 Å². The van der Waals surface area contributed by atoms with E-state index in [1.165, 1.54) is 6.07 Å². The number of rotatable bonds is 4. The highest BCUT2D eigenvalue weighted by atomic mass is 35.5. The number of hydrogen-bond donors (Lipinski definition) is 0. The topological polar surface area (TPSA) is 45.7 Å². The van der Waals surface area contributed by atoms with E-state index in [1.54, 1.807) is 23.1 Å². The quantitative estimate of drug-likeness (QED) is 0.734. The molecule has 1 aliphatic heterocycles.